The molecular weight excluding hydrogens is 471 g/mol. The van der Waals surface area contributed by atoms with E-state index < -0.39 is 10.8 Å². The minimum absolute atomic E-state index is 0.202. The minimum Gasteiger partial charge on any atom is -0.489 e. The SMILES string of the molecule is Cc1nc(N2CCC(CS(C)=O)CC2)ccc1-c1ccc(F)c(COc2ccc3c(c2)CC2CC32)c1. The standard InChI is InChI=1S/C30H33FN2O2S/c1-19-26(6-8-30(32-19)33-11-9-20(10-12-33)18-36(2)34)21-3-7-29(31)24(13-21)17-35-25-4-5-27-22(15-25)14-23-16-28(23)27/h3-8,13,15,20,23,28H,9-12,14,16-18H2,1-2H3. The maximum absolute atomic E-state index is 14.7. The quantitative estimate of drug-likeness (QED) is 0.394. The summed E-state index contributed by atoms with van der Waals surface area (Å²) in [7, 11) is -0.733. The highest BCUT2D eigenvalue weighted by Crippen LogP contribution is 2.56. The Kier molecular flexibility index (Phi) is 6.32. The molecule has 2 aliphatic carbocycles. The molecule has 1 saturated carbocycles. The molecule has 0 bridgehead atoms. The van der Waals surface area contributed by atoms with Crippen LogP contribution >= 0.6 is 0 Å². The second-order valence-electron chi connectivity index (χ2n) is 10.7. The summed E-state index contributed by atoms with van der Waals surface area (Å²) in [5.41, 5.74) is 6.32. The monoisotopic (exact) mass is 504 g/mol. The van der Waals surface area contributed by atoms with E-state index >= 15 is 0 Å². The smallest absolute Gasteiger partial charge is 0.129 e. The molecule has 0 spiro atoms. The number of hydrogen-bond acceptors (Lipinski definition) is 4. The summed E-state index contributed by atoms with van der Waals surface area (Å²) in [5, 5.41) is 0. The van der Waals surface area contributed by atoms with Crippen molar-refractivity contribution >= 4 is 16.6 Å². The Balaban J connectivity index is 1.14. The number of pyridine rings is 1. The van der Waals surface area contributed by atoms with Gasteiger partial charge in [-0.15, -0.1) is 0 Å². The van der Waals surface area contributed by atoms with E-state index in [9.17, 15) is 8.60 Å². The molecule has 6 rings (SSSR count). The first-order chi connectivity index (χ1) is 17.4. The number of nitrogens with zero attached hydrogens (tertiary/aromatic N) is 2. The lowest BCUT2D eigenvalue weighted by Gasteiger charge is -2.32. The number of rotatable bonds is 7. The first-order valence-corrected chi connectivity index (χ1v) is 14.7. The lowest BCUT2D eigenvalue weighted by molar-refractivity contribution is 0.299. The van der Waals surface area contributed by atoms with Gasteiger partial charge in [0.2, 0.25) is 0 Å². The first-order valence-electron chi connectivity index (χ1n) is 13.0. The number of aromatic nitrogens is 1. The summed E-state index contributed by atoms with van der Waals surface area (Å²) >= 11 is 0. The van der Waals surface area contributed by atoms with Crippen molar-refractivity contribution in [2.45, 2.75) is 45.1 Å². The van der Waals surface area contributed by atoms with Gasteiger partial charge in [0.1, 0.15) is 24.0 Å². The van der Waals surface area contributed by atoms with Crippen LogP contribution in [0.1, 0.15) is 47.6 Å². The molecule has 1 saturated heterocycles. The number of halogens is 1. The Morgan fingerprint density at radius 3 is 2.72 bits per heavy atom. The largest absolute Gasteiger partial charge is 0.489 e. The summed E-state index contributed by atoms with van der Waals surface area (Å²) in [5.74, 6) is 4.49. The van der Waals surface area contributed by atoms with E-state index in [1.54, 1.807) is 6.26 Å². The van der Waals surface area contributed by atoms with E-state index in [0.717, 1.165) is 78.3 Å². The molecule has 3 aliphatic rings. The van der Waals surface area contributed by atoms with E-state index in [2.05, 4.69) is 29.2 Å². The van der Waals surface area contributed by atoms with Crippen LogP contribution in [-0.4, -0.2) is 34.3 Å². The van der Waals surface area contributed by atoms with E-state index in [0.29, 0.717) is 11.5 Å². The molecule has 3 unspecified atom stereocenters. The number of anilines is 1. The zero-order valence-corrected chi connectivity index (χ0v) is 21.8. The molecule has 2 heterocycles. The van der Waals surface area contributed by atoms with Crippen LogP contribution in [0.2, 0.25) is 0 Å². The molecular formula is C30H33FN2O2S. The number of hydrogen-bond donors (Lipinski definition) is 0. The van der Waals surface area contributed by atoms with Crippen molar-refractivity contribution in [2.24, 2.45) is 11.8 Å². The Bertz CT molecular complexity index is 1320. The summed E-state index contributed by atoms with van der Waals surface area (Å²) in [6.07, 6.45) is 6.38. The molecule has 0 radical (unpaired) electrons. The lowest BCUT2D eigenvalue weighted by atomic mass is 9.98. The Morgan fingerprint density at radius 2 is 1.94 bits per heavy atom. The average Bonchev–Trinajstić information content (AvgIpc) is 3.54. The second-order valence-corrected chi connectivity index (χ2v) is 12.2. The summed E-state index contributed by atoms with van der Waals surface area (Å²) in [6.45, 7) is 4.10. The van der Waals surface area contributed by atoms with Crippen molar-refractivity contribution in [1.29, 1.82) is 0 Å². The number of fused-ring (bicyclic) bond motifs is 3. The minimum atomic E-state index is -0.733. The Hall–Kier alpha value is -2.73. The summed E-state index contributed by atoms with van der Waals surface area (Å²) in [6, 6.07) is 15.8. The Morgan fingerprint density at radius 1 is 1.11 bits per heavy atom. The van der Waals surface area contributed by atoms with Crippen LogP contribution in [0.3, 0.4) is 0 Å². The fourth-order valence-electron chi connectivity index (χ4n) is 6.05. The summed E-state index contributed by atoms with van der Waals surface area (Å²) < 4.78 is 32.2. The van der Waals surface area contributed by atoms with Gasteiger partial charge >= 0.3 is 0 Å². The summed E-state index contributed by atoms with van der Waals surface area (Å²) in [4.78, 5) is 7.20. The van der Waals surface area contributed by atoms with Crippen molar-refractivity contribution in [1.82, 2.24) is 4.98 Å². The number of piperidine rings is 1. The molecule has 2 fully saturated rings. The molecule has 4 nitrogen and oxygen atoms in total. The van der Waals surface area contributed by atoms with Crippen molar-refractivity contribution in [3.63, 3.8) is 0 Å². The van der Waals surface area contributed by atoms with Gasteiger partial charge < -0.3 is 9.64 Å². The molecule has 1 aliphatic heterocycles. The van der Waals surface area contributed by atoms with Gasteiger partial charge in [-0.2, -0.15) is 0 Å². The molecule has 3 aromatic rings. The third-order valence-electron chi connectivity index (χ3n) is 8.15. The van der Waals surface area contributed by atoms with Gasteiger partial charge in [0.15, 0.2) is 0 Å². The molecule has 0 amide bonds. The van der Waals surface area contributed by atoms with Gasteiger partial charge in [0, 0.05) is 52.7 Å². The van der Waals surface area contributed by atoms with Crippen molar-refractivity contribution in [2.75, 3.05) is 30.0 Å². The van der Waals surface area contributed by atoms with Crippen LogP contribution in [0, 0.1) is 24.6 Å². The predicted molar refractivity (Wildman–Crippen MR) is 144 cm³/mol. The fourth-order valence-corrected chi connectivity index (χ4v) is 7.05. The van der Waals surface area contributed by atoms with Crippen LogP contribution in [0.4, 0.5) is 10.2 Å². The fraction of sp³-hybridized carbons (Fsp3) is 0.433. The van der Waals surface area contributed by atoms with Gasteiger partial charge in [-0.1, -0.05) is 12.1 Å². The molecule has 2 aromatic carbocycles. The van der Waals surface area contributed by atoms with Crippen LogP contribution in [0.25, 0.3) is 11.1 Å². The van der Waals surface area contributed by atoms with Crippen LogP contribution in [-0.2, 0) is 23.8 Å². The highest BCUT2D eigenvalue weighted by atomic mass is 32.2. The first kappa shape index (κ1) is 23.7. The van der Waals surface area contributed by atoms with Gasteiger partial charge in [0.05, 0.1) is 0 Å². The zero-order chi connectivity index (χ0) is 24.8. The van der Waals surface area contributed by atoms with Crippen molar-refractivity contribution < 1.29 is 13.3 Å². The lowest BCUT2D eigenvalue weighted by Crippen LogP contribution is -2.35. The van der Waals surface area contributed by atoms with Crippen molar-refractivity contribution in [3.8, 4) is 16.9 Å². The van der Waals surface area contributed by atoms with Crippen molar-refractivity contribution in [3.05, 3.63) is 76.7 Å². The Labute approximate surface area is 215 Å². The second kappa shape index (κ2) is 9.62. The van der Waals surface area contributed by atoms with E-state index in [-0.39, 0.29) is 12.4 Å². The molecule has 36 heavy (non-hydrogen) atoms. The highest BCUT2D eigenvalue weighted by Gasteiger charge is 2.44. The number of aryl methyl sites for hydroxylation is 1. The highest BCUT2D eigenvalue weighted by molar-refractivity contribution is 7.84. The zero-order valence-electron chi connectivity index (χ0n) is 21.0. The van der Waals surface area contributed by atoms with Crippen LogP contribution < -0.4 is 9.64 Å². The topological polar surface area (TPSA) is 42.4 Å². The maximum Gasteiger partial charge on any atom is 0.129 e. The van der Waals surface area contributed by atoms with E-state index in [4.69, 9.17) is 9.72 Å². The molecule has 1 aromatic heterocycles. The predicted octanol–water partition coefficient (Wildman–Crippen LogP) is 6.03. The maximum atomic E-state index is 14.7. The van der Waals surface area contributed by atoms with E-state index in [1.807, 2.05) is 25.1 Å². The molecule has 6 heteroatoms. The van der Waals surface area contributed by atoms with Crippen LogP contribution in [0.5, 0.6) is 5.75 Å². The third-order valence-corrected chi connectivity index (χ3v) is 9.09. The number of ether oxygens (including phenoxy) is 1. The normalized spacial score (nSPS) is 21.7. The molecule has 3 atom stereocenters. The van der Waals surface area contributed by atoms with Gasteiger partial charge in [-0.25, -0.2) is 9.37 Å². The molecule has 188 valence electrons. The van der Waals surface area contributed by atoms with Crippen LogP contribution in [0.15, 0.2) is 48.5 Å². The van der Waals surface area contributed by atoms with Gasteiger partial charge in [-0.05, 0) is 103 Å². The van der Waals surface area contributed by atoms with Gasteiger partial charge in [-0.3, -0.25) is 4.21 Å². The van der Waals surface area contributed by atoms with E-state index in [1.165, 1.54) is 23.6 Å². The average molecular weight is 505 g/mol. The van der Waals surface area contributed by atoms with Gasteiger partial charge in [0.25, 0.3) is 0 Å². The third kappa shape index (κ3) is 4.80. The number of benzene rings is 2. The molecule has 0 N–H and O–H groups in total.